The third kappa shape index (κ3) is 5.17. The molecule has 2 rings (SSSR count). The summed E-state index contributed by atoms with van der Waals surface area (Å²) < 4.78 is 5.31. The highest BCUT2D eigenvalue weighted by Gasteiger charge is 2.17. The quantitative estimate of drug-likeness (QED) is 0.673. The van der Waals surface area contributed by atoms with E-state index < -0.39 is 6.04 Å². The molecule has 0 spiro atoms. The van der Waals surface area contributed by atoms with Crippen LogP contribution in [0.5, 0.6) is 0 Å². The van der Waals surface area contributed by atoms with Crippen molar-refractivity contribution in [3.63, 3.8) is 0 Å². The number of pyridine rings is 1. The molecule has 1 aromatic rings. The third-order valence-corrected chi connectivity index (χ3v) is 3.81. The van der Waals surface area contributed by atoms with Crippen LogP contribution < -0.4 is 21.3 Å². The molecule has 8 heteroatoms. The highest BCUT2D eigenvalue weighted by Crippen LogP contribution is 2.15. The van der Waals surface area contributed by atoms with E-state index in [0.717, 1.165) is 18.9 Å². The van der Waals surface area contributed by atoms with Gasteiger partial charge in [0.1, 0.15) is 5.82 Å². The number of nitrogens with one attached hydrogen (secondary N) is 2. The second-order valence-corrected chi connectivity index (χ2v) is 6.04. The molecular formula is C16H25N5O3. The Hall–Kier alpha value is -2.19. The first kappa shape index (κ1) is 18.2. The monoisotopic (exact) mass is 335 g/mol. The lowest BCUT2D eigenvalue weighted by molar-refractivity contribution is -0.125. The van der Waals surface area contributed by atoms with Crippen LogP contribution in [0.2, 0.25) is 0 Å². The number of hydrogen-bond acceptors (Lipinski definition) is 6. The standard InChI is InChI=1S/C16H25N5O3/c1-11(2)15(17)16(23)19-10-14(22)20-12-3-4-13(18-9-12)21-5-7-24-8-6-21/h3-4,9,11,15H,5-8,10,17H2,1-2H3,(H,19,23)(H,20,22)/t15-/m0/s1. The van der Waals surface area contributed by atoms with Gasteiger partial charge < -0.3 is 26.0 Å². The van der Waals surface area contributed by atoms with Crippen LogP contribution in [0.25, 0.3) is 0 Å². The fraction of sp³-hybridized carbons (Fsp3) is 0.562. The Morgan fingerprint density at radius 2 is 2.04 bits per heavy atom. The van der Waals surface area contributed by atoms with E-state index in [1.165, 1.54) is 0 Å². The van der Waals surface area contributed by atoms with E-state index in [0.29, 0.717) is 18.9 Å². The van der Waals surface area contributed by atoms with Gasteiger partial charge in [-0.15, -0.1) is 0 Å². The average Bonchev–Trinajstić information content (AvgIpc) is 2.60. The number of carbonyl (C=O) groups is 2. The first-order chi connectivity index (χ1) is 11.5. The first-order valence-corrected chi connectivity index (χ1v) is 8.09. The highest BCUT2D eigenvalue weighted by molar-refractivity contribution is 5.95. The molecule has 1 aliphatic rings. The average molecular weight is 335 g/mol. The molecule has 1 atom stereocenters. The van der Waals surface area contributed by atoms with Crippen LogP contribution in [0.4, 0.5) is 11.5 Å². The lowest BCUT2D eigenvalue weighted by atomic mass is 10.1. The van der Waals surface area contributed by atoms with Crippen molar-refractivity contribution in [3.05, 3.63) is 18.3 Å². The Labute approximate surface area is 141 Å². The molecule has 24 heavy (non-hydrogen) atoms. The largest absolute Gasteiger partial charge is 0.378 e. The summed E-state index contributed by atoms with van der Waals surface area (Å²) in [5.74, 6) is 0.221. The molecule has 1 aliphatic heterocycles. The highest BCUT2D eigenvalue weighted by atomic mass is 16.5. The Morgan fingerprint density at radius 1 is 1.33 bits per heavy atom. The predicted octanol–water partition coefficient (Wildman–Crippen LogP) is -0.0438. The molecule has 0 unspecified atom stereocenters. The van der Waals surface area contributed by atoms with Crippen LogP contribution in [-0.4, -0.2) is 55.7 Å². The molecule has 1 fully saturated rings. The molecule has 1 saturated heterocycles. The van der Waals surface area contributed by atoms with Crippen molar-refractivity contribution >= 4 is 23.3 Å². The van der Waals surface area contributed by atoms with Crippen molar-refractivity contribution in [2.24, 2.45) is 11.7 Å². The van der Waals surface area contributed by atoms with E-state index in [1.54, 1.807) is 12.3 Å². The van der Waals surface area contributed by atoms with E-state index in [1.807, 2.05) is 19.9 Å². The van der Waals surface area contributed by atoms with Crippen LogP contribution in [0, 0.1) is 5.92 Å². The second-order valence-electron chi connectivity index (χ2n) is 6.04. The van der Waals surface area contributed by atoms with E-state index in [4.69, 9.17) is 10.5 Å². The van der Waals surface area contributed by atoms with Gasteiger partial charge in [-0.1, -0.05) is 13.8 Å². The summed E-state index contributed by atoms with van der Waals surface area (Å²) in [6, 6.07) is 3.03. The SMILES string of the molecule is CC(C)[C@H](N)C(=O)NCC(=O)Nc1ccc(N2CCOCC2)nc1. The topological polar surface area (TPSA) is 110 Å². The van der Waals surface area contributed by atoms with Crippen molar-refractivity contribution < 1.29 is 14.3 Å². The molecule has 2 heterocycles. The third-order valence-electron chi connectivity index (χ3n) is 3.81. The Kier molecular flexibility index (Phi) is 6.51. The zero-order valence-electron chi connectivity index (χ0n) is 14.1. The molecular weight excluding hydrogens is 310 g/mol. The Morgan fingerprint density at radius 3 is 2.62 bits per heavy atom. The minimum absolute atomic E-state index is 0.0185. The summed E-state index contributed by atoms with van der Waals surface area (Å²) in [5.41, 5.74) is 6.30. The maximum atomic E-state index is 11.9. The number of anilines is 2. The number of morpholine rings is 1. The number of nitrogens with zero attached hydrogens (tertiary/aromatic N) is 2. The number of rotatable bonds is 6. The summed E-state index contributed by atoms with van der Waals surface area (Å²) >= 11 is 0. The van der Waals surface area contributed by atoms with Crippen LogP contribution in [-0.2, 0) is 14.3 Å². The van der Waals surface area contributed by atoms with Crippen molar-refractivity contribution in [3.8, 4) is 0 Å². The zero-order valence-corrected chi connectivity index (χ0v) is 14.1. The Bertz CT molecular complexity index is 555. The first-order valence-electron chi connectivity index (χ1n) is 8.09. The lowest BCUT2D eigenvalue weighted by Crippen LogP contribution is -2.46. The van der Waals surface area contributed by atoms with Gasteiger partial charge in [-0.2, -0.15) is 0 Å². The van der Waals surface area contributed by atoms with Crippen LogP contribution in [0.15, 0.2) is 18.3 Å². The molecule has 8 nitrogen and oxygen atoms in total. The number of ether oxygens (including phenoxy) is 1. The van der Waals surface area contributed by atoms with Gasteiger partial charge in [0.15, 0.2) is 0 Å². The summed E-state index contributed by atoms with van der Waals surface area (Å²) in [6.07, 6.45) is 1.60. The van der Waals surface area contributed by atoms with Crippen molar-refractivity contribution in [2.75, 3.05) is 43.1 Å². The molecule has 0 aromatic carbocycles. The molecule has 2 amide bonds. The van der Waals surface area contributed by atoms with E-state index in [-0.39, 0.29) is 24.3 Å². The molecule has 132 valence electrons. The van der Waals surface area contributed by atoms with Crippen molar-refractivity contribution in [2.45, 2.75) is 19.9 Å². The van der Waals surface area contributed by atoms with Crippen LogP contribution in [0.3, 0.4) is 0 Å². The van der Waals surface area contributed by atoms with Crippen molar-refractivity contribution in [1.29, 1.82) is 0 Å². The number of nitrogens with two attached hydrogens (primary N) is 1. The van der Waals surface area contributed by atoms with Gasteiger partial charge in [0.25, 0.3) is 0 Å². The maximum Gasteiger partial charge on any atom is 0.243 e. The van der Waals surface area contributed by atoms with Gasteiger partial charge >= 0.3 is 0 Å². The van der Waals surface area contributed by atoms with Crippen molar-refractivity contribution in [1.82, 2.24) is 10.3 Å². The predicted molar refractivity (Wildman–Crippen MR) is 91.7 cm³/mol. The van der Waals surface area contributed by atoms with Gasteiger partial charge in [0, 0.05) is 13.1 Å². The number of hydrogen-bond donors (Lipinski definition) is 3. The van der Waals surface area contributed by atoms with E-state index in [2.05, 4.69) is 20.5 Å². The van der Waals surface area contributed by atoms with Gasteiger partial charge in [0.2, 0.25) is 11.8 Å². The number of aromatic nitrogens is 1. The molecule has 0 aliphatic carbocycles. The molecule has 0 radical (unpaired) electrons. The summed E-state index contributed by atoms with van der Waals surface area (Å²) in [7, 11) is 0. The Balaban J connectivity index is 1.80. The second kappa shape index (κ2) is 8.60. The summed E-state index contributed by atoms with van der Waals surface area (Å²) in [5, 5.41) is 5.22. The molecule has 4 N–H and O–H groups in total. The molecule has 0 saturated carbocycles. The summed E-state index contributed by atoms with van der Waals surface area (Å²) in [4.78, 5) is 30.1. The number of amides is 2. The minimum Gasteiger partial charge on any atom is -0.378 e. The van der Waals surface area contributed by atoms with Crippen LogP contribution in [0.1, 0.15) is 13.8 Å². The van der Waals surface area contributed by atoms with Crippen LogP contribution >= 0.6 is 0 Å². The van der Waals surface area contributed by atoms with Gasteiger partial charge in [0.05, 0.1) is 37.7 Å². The summed E-state index contributed by atoms with van der Waals surface area (Å²) in [6.45, 7) is 6.58. The van der Waals surface area contributed by atoms with Gasteiger partial charge in [-0.25, -0.2) is 4.98 Å². The maximum absolute atomic E-state index is 11.9. The minimum atomic E-state index is -0.618. The fourth-order valence-electron chi connectivity index (χ4n) is 2.23. The fourth-order valence-corrected chi connectivity index (χ4v) is 2.23. The smallest absolute Gasteiger partial charge is 0.243 e. The zero-order chi connectivity index (χ0) is 17.5. The normalized spacial score (nSPS) is 15.9. The molecule has 1 aromatic heterocycles. The van der Waals surface area contributed by atoms with Gasteiger partial charge in [-0.05, 0) is 18.1 Å². The van der Waals surface area contributed by atoms with Gasteiger partial charge in [-0.3, -0.25) is 9.59 Å². The van der Waals surface area contributed by atoms with E-state index in [9.17, 15) is 9.59 Å². The lowest BCUT2D eigenvalue weighted by Gasteiger charge is -2.27. The molecule has 0 bridgehead atoms. The number of carbonyl (C=O) groups excluding carboxylic acids is 2. The van der Waals surface area contributed by atoms with E-state index >= 15 is 0 Å².